The maximum absolute atomic E-state index is 10.3. The average molecular weight is 281 g/mol. The Kier molecular flexibility index (Phi) is 5.53. The molecule has 0 amide bonds. The van der Waals surface area contributed by atoms with E-state index in [9.17, 15) is 5.11 Å². The second-order valence-corrected chi connectivity index (χ2v) is 8.25. The van der Waals surface area contributed by atoms with Crippen molar-refractivity contribution in [3.8, 4) is 0 Å². The topological polar surface area (TPSA) is 23.5 Å². The van der Waals surface area contributed by atoms with Crippen LogP contribution in [0.3, 0.4) is 0 Å². The molecule has 0 aromatic rings. The fraction of sp³-hybridized carbons (Fsp3) is 1.00. The number of hydrogen-bond donors (Lipinski definition) is 1. The SMILES string of the molecule is CCC1CCC(O)C(CN(C)C2CCC(C)(C)CC2)C1. The molecule has 0 heterocycles. The average Bonchev–Trinajstić information content (AvgIpc) is 2.41. The monoisotopic (exact) mass is 281 g/mol. The Labute approximate surface area is 125 Å². The Bertz CT molecular complexity index is 292. The van der Waals surface area contributed by atoms with Gasteiger partial charge in [-0.1, -0.05) is 27.2 Å². The van der Waals surface area contributed by atoms with E-state index < -0.39 is 0 Å². The van der Waals surface area contributed by atoms with Crippen molar-refractivity contribution in [2.75, 3.05) is 13.6 Å². The first-order valence-corrected chi connectivity index (χ1v) is 8.79. The minimum Gasteiger partial charge on any atom is -0.393 e. The molecule has 0 aromatic heterocycles. The Hall–Kier alpha value is -0.0800. The van der Waals surface area contributed by atoms with Gasteiger partial charge in [0.1, 0.15) is 0 Å². The van der Waals surface area contributed by atoms with Crippen LogP contribution in [0.2, 0.25) is 0 Å². The van der Waals surface area contributed by atoms with Gasteiger partial charge in [0.15, 0.2) is 0 Å². The van der Waals surface area contributed by atoms with Crippen molar-refractivity contribution in [3.63, 3.8) is 0 Å². The van der Waals surface area contributed by atoms with Crippen LogP contribution in [0.5, 0.6) is 0 Å². The minimum atomic E-state index is -0.0553. The first kappa shape index (κ1) is 16.3. The number of nitrogens with zero attached hydrogens (tertiary/aromatic N) is 1. The molecule has 2 fully saturated rings. The smallest absolute Gasteiger partial charge is 0.0580 e. The fourth-order valence-corrected chi connectivity index (χ4v) is 4.26. The van der Waals surface area contributed by atoms with Crippen LogP contribution in [-0.2, 0) is 0 Å². The Morgan fingerprint density at radius 3 is 2.35 bits per heavy atom. The number of hydrogen-bond acceptors (Lipinski definition) is 2. The summed E-state index contributed by atoms with van der Waals surface area (Å²) in [5.41, 5.74) is 0.551. The molecule has 0 bridgehead atoms. The highest BCUT2D eigenvalue weighted by molar-refractivity contribution is 4.86. The zero-order valence-corrected chi connectivity index (χ0v) is 14.1. The second-order valence-electron chi connectivity index (χ2n) is 8.25. The molecule has 3 unspecified atom stereocenters. The van der Waals surface area contributed by atoms with Crippen LogP contribution in [0.1, 0.15) is 72.1 Å². The van der Waals surface area contributed by atoms with E-state index in [2.05, 4.69) is 32.7 Å². The third-order valence-corrected chi connectivity index (χ3v) is 6.08. The van der Waals surface area contributed by atoms with Crippen molar-refractivity contribution in [2.45, 2.75) is 84.3 Å². The molecule has 2 saturated carbocycles. The molecular weight excluding hydrogens is 246 g/mol. The summed E-state index contributed by atoms with van der Waals surface area (Å²) in [4.78, 5) is 2.56. The molecule has 0 radical (unpaired) electrons. The molecular formula is C18H35NO. The van der Waals surface area contributed by atoms with Crippen LogP contribution in [0.25, 0.3) is 0 Å². The van der Waals surface area contributed by atoms with Crippen LogP contribution in [0, 0.1) is 17.3 Å². The van der Waals surface area contributed by atoms with Gasteiger partial charge in [-0.25, -0.2) is 0 Å². The maximum atomic E-state index is 10.3. The third-order valence-electron chi connectivity index (χ3n) is 6.08. The van der Waals surface area contributed by atoms with Gasteiger partial charge in [0, 0.05) is 12.6 Å². The predicted octanol–water partition coefficient (Wildman–Crippen LogP) is 4.07. The van der Waals surface area contributed by atoms with Gasteiger partial charge in [0.25, 0.3) is 0 Å². The fourth-order valence-electron chi connectivity index (χ4n) is 4.26. The summed E-state index contributed by atoms with van der Waals surface area (Å²) in [5, 5.41) is 10.3. The molecule has 2 heteroatoms. The lowest BCUT2D eigenvalue weighted by atomic mass is 9.74. The second kappa shape index (κ2) is 6.79. The van der Waals surface area contributed by atoms with Gasteiger partial charge in [-0.15, -0.1) is 0 Å². The highest BCUT2D eigenvalue weighted by Crippen LogP contribution is 2.38. The standard InChI is InChI=1S/C18H35NO/c1-5-14-6-7-17(20)15(12-14)13-19(4)16-8-10-18(2,3)11-9-16/h14-17,20H,5-13H2,1-4H3. The first-order chi connectivity index (χ1) is 9.41. The Morgan fingerprint density at radius 1 is 1.10 bits per heavy atom. The van der Waals surface area contributed by atoms with Crippen molar-refractivity contribution < 1.29 is 5.11 Å². The van der Waals surface area contributed by atoms with Crippen LogP contribution in [-0.4, -0.2) is 35.7 Å². The van der Waals surface area contributed by atoms with Crippen molar-refractivity contribution in [3.05, 3.63) is 0 Å². The van der Waals surface area contributed by atoms with Gasteiger partial charge < -0.3 is 10.0 Å². The van der Waals surface area contributed by atoms with Crippen LogP contribution in [0.15, 0.2) is 0 Å². The molecule has 0 aromatic carbocycles. The highest BCUT2D eigenvalue weighted by Gasteiger charge is 2.33. The van der Waals surface area contributed by atoms with Crippen LogP contribution in [0.4, 0.5) is 0 Å². The molecule has 0 spiro atoms. The molecule has 2 aliphatic carbocycles. The maximum Gasteiger partial charge on any atom is 0.0580 e. The van der Waals surface area contributed by atoms with Crippen LogP contribution >= 0.6 is 0 Å². The Balaban J connectivity index is 1.82. The molecule has 20 heavy (non-hydrogen) atoms. The largest absolute Gasteiger partial charge is 0.393 e. The van der Waals surface area contributed by atoms with E-state index in [4.69, 9.17) is 0 Å². The molecule has 1 N–H and O–H groups in total. The summed E-state index contributed by atoms with van der Waals surface area (Å²) >= 11 is 0. The van der Waals surface area contributed by atoms with Gasteiger partial charge in [-0.3, -0.25) is 0 Å². The summed E-state index contributed by atoms with van der Waals surface area (Å²) < 4.78 is 0. The molecule has 2 nitrogen and oxygen atoms in total. The molecule has 0 saturated heterocycles. The Morgan fingerprint density at radius 2 is 1.75 bits per heavy atom. The minimum absolute atomic E-state index is 0.0553. The zero-order valence-electron chi connectivity index (χ0n) is 14.1. The van der Waals surface area contributed by atoms with Crippen molar-refractivity contribution in [1.82, 2.24) is 4.90 Å². The van der Waals surface area contributed by atoms with E-state index in [1.54, 1.807) is 0 Å². The van der Waals surface area contributed by atoms with Gasteiger partial charge >= 0.3 is 0 Å². The predicted molar refractivity (Wildman–Crippen MR) is 85.8 cm³/mol. The zero-order chi connectivity index (χ0) is 14.8. The van der Waals surface area contributed by atoms with E-state index in [0.717, 1.165) is 24.9 Å². The van der Waals surface area contributed by atoms with E-state index in [1.165, 1.54) is 44.9 Å². The molecule has 2 aliphatic rings. The van der Waals surface area contributed by atoms with Gasteiger partial charge in [0.05, 0.1) is 6.10 Å². The van der Waals surface area contributed by atoms with Gasteiger partial charge in [-0.2, -0.15) is 0 Å². The number of aliphatic hydroxyl groups is 1. The van der Waals surface area contributed by atoms with Gasteiger partial charge in [-0.05, 0) is 69.2 Å². The molecule has 0 aliphatic heterocycles. The van der Waals surface area contributed by atoms with Crippen molar-refractivity contribution in [2.24, 2.45) is 17.3 Å². The summed E-state index contributed by atoms with van der Waals surface area (Å²) in [6, 6.07) is 0.747. The van der Waals surface area contributed by atoms with Crippen molar-refractivity contribution >= 4 is 0 Å². The molecule has 3 atom stereocenters. The van der Waals surface area contributed by atoms with Crippen molar-refractivity contribution in [1.29, 1.82) is 0 Å². The molecule has 2 rings (SSSR count). The lowest BCUT2D eigenvalue weighted by molar-refractivity contribution is 0.0163. The molecule has 118 valence electrons. The lowest BCUT2D eigenvalue weighted by Gasteiger charge is -2.41. The normalized spacial score (nSPS) is 35.4. The highest BCUT2D eigenvalue weighted by atomic mass is 16.3. The quantitative estimate of drug-likeness (QED) is 0.839. The number of aliphatic hydroxyl groups excluding tert-OH is 1. The van der Waals surface area contributed by atoms with E-state index >= 15 is 0 Å². The lowest BCUT2D eigenvalue weighted by Crippen LogP contribution is -2.43. The van der Waals surface area contributed by atoms with E-state index in [-0.39, 0.29) is 6.10 Å². The summed E-state index contributed by atoms with van der Waals surface area (Å²) in [6.45, 7) is 8.20. The van der Waals surface area contributed by atoms with E-state index in [0.29, 0.717) is 11.3 Å². The number of rotatable bonds is 4. The third kappa shape index (κ3) is 4.21. The first-order valence-electron chi connectivity index (χ1n) is 8.79. The summed E-state index contributed by atoms with van der Waals surface area (Å²) in [6.07, 6.45) is 10.1. The summed E-state index contributed by atoms with van der Waals surface area (Å²) in [5.74, 6) is 1.36. The van der Waals surface area contributed by atoms with Gasteiger partial charge in [0.2, 0.25) is 0 Å². The van der Waals surface area contributed by atoms with Crippen LogP contribution < -0.4 is 0 Å². The summed E-state index contributed by atoms with van der Waals surface area (Å²) in [7, 11) is 2.28. The van der Waals surface area contributed by atoms with E-state index in [1.807, 2.05) is 0 Å².